The SMILES string of the molecule is CC=C=CCC[Si](C#Cc1ccccc1)(c1ccccc1)c1ccccc1. The maximum atomic E-state index is 3.79. The van der Waals surface area contributed by atoms with Crippen molar-refractivity contribution in [3.05, 3.63) is 114 Å². The van der Waals surface area contributed by atoms with E-state index >= 15 is 0 Å². The Balaban J connectivity index is 2.15. The Labute approximate surface area is 163 Å². The second-order valence-corrected chi connectivity index (χ2v) is 10.2. The van der Waals surface area contributed by atoms with Crippen LogP contribution in [0.15, 0.2) is 109 Å². The number of benzene rings is 3. The van der Waals surface area contributed by atoms with Crippen molar-refractivity contribution < 1.29 is 0 Å². The Morgan fingerprint density at radius 2 is 1.26 bits per heavy atom. The highest BCUT2D eigenvalue weighted by Crippen LogP contribution is 2.14. The molecule has 0 fully saturated rings. The second-order valence-electron chi connectivity index (χ2n) is 6.45. The van der Waals surface area contributed by atoms with Crippen LogP contribution in [0.4, 0.5) is 0 Å². The predicted molar refractivity (Wildman–Crippen MR) is 119 cm³/mol. The van der Waals surface area contributed by atoms with Crippen molar-refractivity contribution >= 4 is 18.4 Å². The Kier molecular flexibility index (Phi) is 6.66. The summed E-state index contributed by atoms with van der Waals surface area (Å²) in [6.07, 6.45) is 5.07. The number of rotatable bonds is 5. The lowest BCUT2D eigenvalue weighted by molar-refractivity contribution is 1.19. The molecule has 0 aromatic heterocycles. The van der Waals surface area contributed by atoms with Crippen molar-refractivity contribution in [2.45, 2.75) is 19.4 Å². The molecule has 0 aliphatic rings. The minimum atomic E-state index is -2.23. The molecule has 0 nitrogen and oxygen atoms in total. The van der Waals surface area contributed by atoms with Gasteiger partial charge >= 0.3 is 0 Å². The summed E-state index contributed by atoms with van der Waals surface area (Å²) in [5.41, 5.74) is 8.09. The average molecular weight is 365 g/mol. The fourth-order valence-electron chi connectivity index (χ4n) is 3.30. The third-order valence-electron chi connectivity index (χ3n) is 4.68. The molecule has 3 aromatic carbocycles. The summed E-state index contributed by atoms with van der Waals surface area (Å²) in [5, 5.41) is 2.74. The molecule has 0 aliphatic carbocycles. The summed E-state index contributed by atoms with van der Waals surface area (Å²) in [6, 6.07) is 33.0. The van der Waals surface area contributed by atoms with E-state index < -0.39 is 8.07 Å². The molecule has 0 saturated carbocycles. The first-order valence-electron chi connectivity index (χ1n) is 9.40. The van der Waals surface area contributed by atoms with Gasteiger partial charge in [0.25, 0.3) is 0 Å². The van der Waals surface area contributed by atoms with Crippen LogP contribution in [0.5, 0.6) is 0 Å². The molecule has 0 radical (unpaired) electrons. The van der Waals surface area contributed by atoms with Gasteiger partial charge in [-0.3, -0.25) is 0 Å². The maximum absolute atomic E-state index is 3.79. The molecule has 0 N–H and O–H groups in total. The number of allylic oxidation sites excluding steroid dienone is 1. The fraction of sp³-hybridized carbons (Fsp3) is 0.115. The summed E-state index contributed by atoms with van der Waals surface area (Å²) in [6.45, 7) is 2.00. The lowest BCUT2D eigenvalue weighted by Gasteiger charge is -2.27. The van der Waals surface area contributed by atoms with Gasteiger partial charge in [-0.1, -0.05) is 84.8 Å². The third-order valence-corrected chi connectivity index (χ3v) is 8.90. The highest BCUT2D eigenvalue weighted by molar-refractivity contribution is 7.08. The average Bonchev–Trinajstić information content (AvgIpc) is 2.75. The molecule has 0 aliphatic heterocycles. The Morgan fingerprint density at radius 1 is 0.741 bits per heavy atom. The van der Waals surface area contributed by atoms with Crippen molar-refractivity contribution in [2.24, 2.45) is 0 Å². The van der Waals surface area contributed by atoms with Gasteiger partial charge in [-0.2, -0.15) is 0 Å². The van der Waals surface area contributed by atoms with E-state index in [1.165, 1.54) is 10.4 Å². The van der Waals surface area contributed by atoms with Gasteiger partial charge < -0.3 is 0 Å². The van der Waals surface area contributed by atoms with Crippen molar-refractivity contribution in [3.8, 4) is 11.5 Å². The molecule has 0 unspecified atom stereocenters. The lowest BCUT2D eigenvalue weighted by Crippen LogP contribution is -2.57. The van der Waals surface area contributed by atoms with Gasteiger partial charge in [0.2, 0.25) is 0 Å². The van der Waals surface area contributed by atoms with Gasteiger partial charge in [0.15, 0.2) is 8.07 Å². The van der Waals surface area contributed by atoms with Crippen molar-refractivity contribution in [1.29, 1.82) is 0 Å². The van der Waals surface area contributed by atoms with Crippen LogP contribution in [-0.2, 0) is 0 Å². The quantitative estimate of drug-likeness (QED) is 0.341. The zero-order chi connectivity index (χ0) is 18.8. The highest BCUT2D eigenvalue weighted by atomic mass is 28.3. The van der Waals surface area contributed by atoms with Gasteiger partial charge in [-0.05, 0) is 54.0 Å². The second kappa shape index (κ2) is 9.60. The molecule has 0 spiro atoms. The molecule has 3 rings (SSSR count). The van der Waals surface area contributed by atoms with Crippen molar-refractivity contribution in [2.75, 3.05) is 0 Å². The van der Waals surface area contributed by atoms with E-state index in [1.54, 1.807) is 0 Å². The molecule has 0 saturated heterocycles. The fourth-order valence-corrected chi connectivity index (χ4v) is 7.08. The highest BCUT2D eigenvalue weighted by Gasteiger charge is 2.35. The van der Waals surface area contributed by atoms with E-state index in [0.717, 1.165) is 18.0 Å². The Hall–Kier alpha value is -3.04. The summed E-state index contributed by atoms with van der Waals surface area (Å²) >= 11 is 0. The molecule has 1 heteroatoms. The summed E-state index contributed by atoms with van der Waals surface area (Å²) < 4.78 is 0. The molecule has 0 heterocycles. The van der Waals surface area contributed by atoms with E-state index in [-0.39, 0.29) is 0 Å². The summed E-state index contributed by atoms with van der Waals surface area (Å²) in [5.74, 6) is 3.49. The third kappa shape index (κ3) is 4.77. The van der Waals surface area contributed by atoms with Crippen LogP contribution in [0, 0.1) is 11.5 Å². The number of hydrogen-bond acceptors (Lipinski definition) is 0. The zero-order valence-corrected chi connectivity index (χ0v) is 16.7. The van der Waals surface area contributed by atoms with Crippen LogP contribution in [0.2, 0.25) is 6.04 Å². The Morgan fingerprint density at radius 3 is 1.78 bits per heavy atom. The van der Waals surface area contributed by atoms with E-state index in [4.69, 9.17) is 0 Å². The van der Waals surface area contributed by atoms with Gasteiger partial charge in [0.05, 0.1) is 0 Å². The molecule has 132 valence electrons. The molecule has 0 bridgehead atoms. The first-order chi connectivity index (χ1) is 13.3. The van der Waals surface area contributed by atoms with E-state index in [9.17, 15) is 0 Å². The largest absolute Gasteiger partial charge is 0.199 e. The van der Waals surface area contributed by atoms with Gasteiger partial charge in [-0.25, -0.2) is 0 Å². The summed E-state index contributed by atoms with van der Waals surface area (Å²) in [7, 11) is -2.23. The lowest BCUT2D eigenvalue weighted by atomic mass is 10.2. The molecule has 0 amide bonds. The first-order valence-corrected chi connectivity index (χ1v) is 11.6. The normalized spacial score (nSPS) is 10.3. The molecular weight excluding hydrogens is 340 g/mol. The molecule has 27 heavy (non-hydrogen) atoms. The Bertz CT molecular complexity index is 915. The topological polar surface area (TPSA) is 0 Å². The molecule has 0 atom stereocenters. The van der Waals surface area contributed by atoms with Crippen LogP contribution in [0.25, 0.3) is 0 Å². The summed E-state index contributed by atoms with van der Waals surface area (Å²) in [4.78, 5) is 0. The molecular formula is C26H24Si. The van der Waals surface area contributed by atoms with Gasteiger partial charge in [0.1, 0.15) is 0 Å². The minimum Gasteiger partial charge on any atom is -0.130 e. The van der Waals surface area contributed by atoms with Gasteiger partial charge in [0, 0.05) is 5.56 Å². The monoisotopic (exact) mass is 364 g/mol. The first kappa shape index (κ1) is 18.7. The van der Waals surface area contributed by atoms with E-state index in [1.807, 2.05) is 31.2 Å². The number of hydrogen-bond donors (Lipinski definition) is 0. The minimum absolute atomic E-state index is 0.976. The van der Waals surface area contributed by atoms with Crippen LogP contribution in [0.1, 0.15) is 18.9 Å². The van der Waals surface area contributed by atoms with E-state index in [0.29, 0.717) is 0 Å². The van der Waals surface area contributed by atoms with Gasteiger partial charge in [-0.15, -0.1) is 11.3 Å². The maximum Gasteiger partial charge on any atom is 0.199 e. The standard InChI is InChI=1S/C26H24Si/c1-2-3-4-14-22-27(25-17-10-6-11-18-25,26-19-12-7-13-20-26)23-21-24-15-8-5-9-16-24/h2,4-13,15-20H,14,22H2,1H3. The van der Waals surface area contributed by atoms with E-state index in [2.05, 4.69) is 96.1 Å². The zero-order valence-electron chi connectivity index (χ0n) is 15.7. The van der Waals surface area contributed by atoms with Crippen molar-refractivity contribution in [3.63, 3.8) is 0 Å². The van der Waals surface area contributed by atoms with Crippen LogP contribution < -0.4 is 10.4 Å². The smallest absolute Gasteiger partial charge is 0.130 e. The van der Waals surface area contributed by atoms with Crippen LogP contribution in [-0.4, -0.2) is 8.07 Å². The van der Waals surface area contributed by atoms with Crippen LogP contribution >= 0.6 is 0 Å². The van der Waals surface area contributed by atoms with Crippen LogP contribution in [0.3, 0.4) is 0 Å². The predicted octanol–water partition coefficient (Wildman–Crippen LogP) is 4.96. The molecule has 3 aromatic rings. The van der Waals surface area contributed by atoms with Crippen molar-refractivity contribution in [1.82, 2.24) is 0 Å².